The van der Waals surface area contributed by atoms with E-state index in [0.29, 0.717) is 6.54 Å². The Bertz CT molecular complexity index is 340. The fourth-order valence-electron chi connectivity index (χ4n) is 1.87. The molecule has 0 fully saturated rings. The van der Waals surface area contributed by atoms with Gasteiger partial charge in [-0.15, -0.1) is 0 Å². The second kappa shape index (κ2) is 3.79. The third kappa shape index (κ3) is 1.48. The summed E-state index contributed by atoms with van der Waals surface area (Å²) in [6.07, 6.45) is 0.240. The Morgan fingerprint density at radius 3 is 3.00 bits per heavy atom. The first-order valence-electron chi connectivity index (χ1n) is 4.79. The molecule has 0 aromatic heterocycles. The molecule has 4 heteroatoms. The minimum atomic E-state index is 0.240. The Hall–Kier alpha value is -0.740. The molecule has 76 valence electrons. The van der Waals surface area contributed by atoms with Crippen molar-refractivity contribution in [3.8, 4) is 0 Å². The number of nitrogens with two attached hydrogens (primary N) is 1. The monoisotopic (exact) mass is 255 g/mol. The van der Waals surface area contributed by atoms with E-state index in [0.717, 1.165) is 11.0 Å². The number of benzene rings is 1. The molecule has 1 heterocycles. The highest BCUT2D eigenvalue weighted by atomic mass is 79.9. The molecule has 0 saturated carbocycles. The van der Waals surface area contributed by atoms with E-state index in [1.54, 1.807) is 0 Å². The van der Waals surface area contributed by atoms with Crippen molar-refractivity contribution in [1.82, 2.24) is 0 Å². The van der Waals surface area contributed by atoms with E-state index in [-0.39, 0.29) is 6.17 Å². The van der Waals surface area contributed by atoms with E-state index in [4.69, 9.17) is 5.73 Å². The largest absolute Gasteiger partial charge is 0.362 e. The zero-order valence-corrected chi connectivity index (χ0v) is 9.71. The fraction of sp³-hybridized carbons (Fsp3) is 0.400. The van der Waals surface area contributed by atoms with Gasteiger partial charge in [0, 0.05) is 17.6 Å². The molecule has 1 aromatic carbocycles. The molecule has 0 bridgehead atoms. The summed E-state index contributed by atoms with van der Waals surface area (Å²) >= 11 is 3.48. The van der Waals surface area contributed by atoms with Gasteiger partial charge in [0.15, 0.2) is 0 Å². The summed E-state index contributed by atoms with van der Waals surface area (Å²) in [6.45, 7) is 3.73. The lowest BCUT2D eigenvalue weighted by atomic mass is 10.2. The standard InChI is InChI=1S/C10H14BrN3/c1-2-14-9-5-7(11)3-4-8(9)13-10(14)6-12/h3-5,10,13H,2,6,12H2,1H3. The summed E-state index contributed by atoms with van der Waals surface area (Å²) in [7, 11) is 0. The second-order valence-electron chi connectivity index (χ2n) is 3.34. The first-order valence-corrected chi connectivity index (χ1v) is 5.58. The molecule has 1 aliphatic heterocycles. The van der Waals surface area contributed by atoms with Crippen molar-refractivity contribution in [2.24, 2.45) is 5.73 Å². The Morgan fingerprint density at radius 2 is 2.36 bits per heavy atom. The molecule has 0 saturated heterocycles. The molecule has 14 heavy (non-hydrogen) atoms. The molecular weight excluding hydrogens is 242 g/mol. The number of nitrogens with one attached hydrogen (secondary N) is 1. The number of likely N-dealkylation sites (N-methyl/N-ethyl adjacent to an activating group) is 1. The molecule has 1 aromatic rings. The number of rotatable bonds is 2. The lowest BCUT2D eigenvalue weighted by Gasteiger charge is -2.23. The van der Waals surface area contributed by atoms with Gasteiger partial charge >= 0.3 is 0 Å². The molecule has 0 radical (unpaired) electrons. The van der Waals surface area contributed by atoms with Crippen LogP contribution in [0.15, 0.2) is 22.7 Å². The van der Waals surface area contributed by atoms with Crippen LogP contribution < -0.4 is 16.0 Å². The highest BCUT2D eigenvalue weighted by Crippen LogP contribution is 2.35. The number of nitrogens with zero attached hydrogens (tertiary/aromatic N) is 1. The Labute approximate surface area is 92.4 Å². The first-order chi connectivity index (χ1) is 6.76. The van der Waals surface area contributed by atoms with Gasteiger partial charge in [-0.1, -0.05) is 15.9 Å². The van der Waals surface area contributed by atoms with Crippen LogP contribution >= 0.6 is 15.9 Å². The number of halogens is 1. The number of hydrogen-bond acceptors (Lipinski definition) is 3. The SMILES string of the molecule is CCN1c2cc(Br)ccc2NC1CN. The van der Waals surface area contributed by atoms with E-state index in [2.05, 4.69) is 45.2 Å². The normalized spacial score (nSPS) is 19.4. The van der Waals surface area contributed by atoms with Crippen molar-refractivity contribution < 1.29 is 0 Å². The van der Waals surface area contributed by atoms with Crippen LogP contribution in [0.4, 0.5) is 11.4 Å². The summed E-state index contributed by atoms with van der Waals surface area (Å²) in [5.41, 5.74) is 8.11. The Morgan fingerprint density at radius 1 is 1.57 bits per heavy atom. The highest BCUT2D eigenvalue weighted by molar-refractivity contribution is 9.10. The van der Waals surface area contributed by atoms with E-state index in [9.17, 15) is 0 Å². The zero-order valence-electron chi connectivity index (χ0n) is 8.13. The highest BCUT2D eigenvalue weighted by Gasteiger charge is 2.25. The predicted octanol–water partition coefficient (Wildman–Crippen LogP) is 1.99. The quantitative estimate of drug-likeness (QED) is 0.850. The number of fused-ring (bicyclic) bond motifs is 1. The fourth-order valence-corrected chi connectivity index (χ4v) is 2.22. The van der Waals surface area contributed by atoms with Crippen LogP contribution in [0.5, 0.6) is 0 Å². The summed E-state index contributed by atoms with van der Waals surface area (Å²) in [6, 6.07) is 6.25. The van der Waals surface area contributed by atoms with Crippen LogP contribution in [0.25, 0.3) is 0 Å². The third-order valence-electron chi connectivity index (χ3n) is 2.53. The van der Waals surface area contributed by atoms with Crippen molar-refractivity contribution in [2.75, 3.05) is 23.3 Å². The number of anilines is 2. The molecule has 2 rings (SSSR count). The van der Waals surface area contributed by atoms with E-state index in [1.807, 2.05) is 6.07 Å². The average Bonchev–Trinajstić information content (AvgIpc) is 2.54. The van der Waals surface area contributed by atoms with E-state index < -0.39 is 0 Å². The van der Waals surface area contributed by atoms with Gasteiger partial charge in [0.2, 0.25) is 0 Å². The lowest BCUT2D eigenvalue weighted by molar-refractivity contribution is 0.696. The van der Waals surface area contributed by atoms with Crippen molar-refractivity contribution >= 4 is 27.3 Å². The van der Waals surface area contributed by atoms with Crippen LogP contribution in [0.1, 0.15) is 6.92 Å². The molecule has 3 nitrogen and oxygen atoms in total. The van der Waals surface area contributed by atoms with Crippen LogP contribution in [-0.2, 0) is 0 Å². The van der Waals surface area contributed by atoms with Gasteiger partial charge in [-0.3, -0.25) is 0 Å². The number of hydrogen-bond donors (Lipinski definition) is 2. The Balaban J connectivity index is 2.38. The minimum Gasteiger partial charge on any atom is -0.362 e. The molecule has 1 atom stereocenters. The molecule has 0 aliphatic carbocycles. The zero-order chi connectivity index (χ0) is 10.1. The van der Waals surface area contributed by atoms with Crippen molar-refractivity contribution in [3.05, 3.63) is 22.7 Å². The maximum Gasteiger partial charge on any atom is 0.112 e. The molecule has 1 unspecified atom stereocenters. The molecular formula is C10H14BrN3. The summed E-state index contributed by atoms with van der Waals surface area (Å²) in [4.78, 5) is 2.28. The van der Waals surface area contributed by atoms with Gasteiger partial charge in [0.25, 0.3) is 0 Å². The van der Waals surface area contributed by atoms with Crippen LogP contribution in [-0.4, -0.2) is 19.3 Å². The molecule has 1 aliphatic rings. The van der Waals surface area contributed by atoms with Crippen molar-refractivity contribution in [1.29, 1.82) is 0 Å². The smallest absolute Gasteiger partial charge is 0.112 e. The molecule has 0 amide bonds. The van der Waals surface area contributed by atoms with Gasteiger partial charge in [-0.25, -0.2) is 0 Å². The van der Waals surface area contributed by atoms with E-state index >= 15 is 0 Å². The topological polar surface area (TPSA) is 41.3 Å². The van der Waals surface area contributed by atoms with Crippen LogP contribution in [0, 0.1) is 0 Å². The maximum absolute atomic E-state index is 5.70. The van der Waals surface area contributed by atoms with Gasteiger partial charge in [0.05, 0.1) is 11.4 Å². The first kappa shape index (κ1) is 9.80. The third-order valence-corrected chi connectivity index (χ3v) is 3.02. The molecule has 0 spiro atoms. The van der Waals surface area contributed by atoms with Crippen LogP contribution in [0.3, 0.4) is 0 Å². The summed E-state index contributed by atoms with van der Waals surface area (Å²) in [5, 5.41) is 3.39. The lowest BCUT2D eigenvalue weighted by Crippen LogP contribution is -2.41. The van der Waals surface area contributed by atoms with Gasteiger partial charge < -0.3 is 16.0 Å². The Kier molecular flexibility index (Phi) is 2.65. The molecule has 3 N–H and O–H groups in total. The average molecular weight is 256 g/mol. The minimum absolute atomic E-state index is 0.240. The summed E-state index contributed by atoms with van der Waals surface area (Å²) < 4.78 is 1.11. The second-order valence-corrected chi connectivity index (χ2v) is 4.26. The van der Waals surface area contributed by atoms with Crippen molar-refractivity contribution in [3.63, 3.8) is 0 Å². The maximum atomic E-state index is 5.70. The van der Waals surface area contributed by atoms with Gasteiger partial charge in [0.1, 0.15) is 6.17 Å². The van der Waals surface area contributed by atoms with Crippen molar-refractivity contribution in [2.45, 2.75) is 13.1 Å². The predicted molar refractivity (Wildman–Crippen MR) is 63.6 cm³/mol. The van der Waals surface area contributed by atoms with E-state index in [1.165, 1.54) is 11.4 Å². The van der Waals surface area contributed by atoms with Crippen LogP contribution in [0.2, 0.25) is 0 Å². The van der Waals surface area contributed by atoms with Gasteiger partial charge in [-0.2, -0.15) is 0 Å². The van der Waals surface area contributed by atoms with Gasteiger partial charge in [-0.05, 0) is 25.1 Å². The summed E-state index contributed by atoms with van der Waals surface area (Å²) in [5.74, 6) is 0.